The monoisotopic (exact) mass is 243 g/mol. The first kappa shape index (κ1) is 16.9. The lowest BCUT2D eigenvalue weighted by molar-refractivity contribution is -0.216. The zero-order valence-electron chi connectivity index (χ0n) is 12.0. The summed E-state index contributed by atoms with van der Waals surface area (Å²) in [5.74, 6) is 0. The topological polar surface area (TPSA) is 18.5 Å². The van der Waals surface area contributed by atoms with Gasteiger partial charge in [0.1, 0.15) is 0 Å². The normalized spacial score (nSPS) is 24.0. The molecule has 0 bridgehead atoms. The Kier molecular flexibility index (Phi) is 12.3. The molecule has 1 rings (SSSR count). The van der Waals surface area contributed by atoms with Crippen molar-refractivity contribution >= 4 is 0 Å². The molecular weight excluding hydrogens is 212 g/mol. The van der Waals surface area contributed by atoms with Crippen molar-refractivity contribution in [2.75, 3.05) is 6.61 Å². The van der Waals surface area contributed by atoms with E-state index in [-0.39, 0.29) is 6.29 Å². The minimum absolute atomic E-state index is 0.0837. The van der Waals surface area contributed by atoms with Crippen LogP contribution in [0.1, 0.15) is 72.1 Å². The first-order valence-corrected chi connectivity index (χ1v) is 7.34. The Hall–Kier alpha value is -0.0800. The average molecular weight is 243 g/mol. The van der Waals surface area contributed by atoms with Crippen LogP contribution in [0.2, 0.25) is 0 Å². The fraction of sp³-hybridized carbons (Fsp3) is 0.933. The van der Waals surface area contributed by atoms with Crippen molar-refractivity contribution in [3.8, 4) is 0 Å². The lowest BCUT2D eigenvalue weighted by Crippen LogP contribution is -2.32. The molecule has 2 atom stereocenters. The molecule has 1 fully saturated rings. The molecule has 1 aliphatic heterocycles. The highest BCUT2D eigenvalue weighted by Gasteiger charge is 2.21. The van der Waals surface area contributed by atoms with Crippen LogP contribution in [0.5, 0.6) is 0 Å². The lowest BCUT2D eigenvalue weighted by atomic mass is 10.1. The van der Waals surface area contributed by atoms with Crippen LogP contribution in [0.25, 0.3) is 0 Å². The van der Waals surface area contributed by atoms with Crippen LogP contribution in [-0.4, -0.2) is 19.0 Å². The molecule has 1 heterocycles. The third-order valence-electron chi connectivity index (χ3n) is 2.74. The Morgan fingerprint density at radius 1 is 1.06 bits per heavy atom. The smallest absolute Gasteiger partial charge is 0.157 e. The van der Waals surface area contributed by atoms with Gasteiger partial charge in [0.05, 0.1) is 12.7 Å². The quantitative estimate of drug-likeness (QED) is 0.628. The molecule has 0 amide bonds. The van der Waals surface area contributed by atoms with Gasteiger partial charge in [-0.05, 0) is 19.3 Å². The van der Waals surface area contributed by atoms with Crippen molar-refractivity contribution in [2.24, 2.45) is 0 Å². The summed E-state index contributed by atoms with van der Waals surface area (Å²) in [6.45, 7) is 10.8. The molecule has 103 valence electrons. The molecular formula is C15H31O2. The molecule has 0 aromatic heterocycles. The highest BCUT2D eigenvalue weighted by molar-refractivity contribution is 4.64. The van der Waals surface area contributed by atoms with Gasteiger partial charge in [-0.25, -0.2) is 0 Å². The largest absolute Gasteiger partial charge is 0.353 e. The Bertz CT molecular complexity index is 146. The maximum atomic E-state index is 5.85. The van der Waals surface area contributed by atoms with Crippen LogP contribution < -0.4 is 0 Å². The van der Waals surface area contributed by atoms with Gasteiger partial charge in [-0.2, -0.15) is 0 Å². The van der Waals surface area contributed by atoms with E-state index in [1.54, 1.807) is 0 Å². The molecule has 1 saturated heterocycles. The van der Waals surface area contributed by atoms with Gasteiger partial charge < -0.3 is 9.47 Å². The molecule has 0 aromatic carbocycles. The Morgan fingerprint density at radius 3 is 2.35 bits per heavy atom. The van der Waals surface area contributed by atoms with Gasteiger partial charge in [-0.1, -0.05) is 59.8 Å². The summed E-state index contributed by atoms with van der Waals surface area (Å²) in [6, 6.07) is 0. The second kappa shape index (κ2) is 12.4. The van der Waals surface area contributed by atoms with Crippen molar-refractivity contribution in [2.45, 2.75) is 84.5 Å². The van der Waals surface area contributed by atoms with Crippen molar-refractivity contribution in [1.82, 2.24) is 0 Å². The Balaban J connectivity index is 0.000000770. The van der Waals surface area contributed by atoms with Crippen LogP contribution in [-0.2, 0) is 9.47 Å². The second-order valence-electron chi connectivity index (χ2n) is 4.63. The second-order valence-corrected chi connectivity index (χ2v) is 4.63. The molecule has 17 heavy (non-hydrogen) atoms. The molecule has 2 heteroatoms. The van der Waals surface area contributed by atoms with Crippen molar-refractivity contribution in [3.63, 3.8) is 0 Å². The van der Waals surface area contributed by atoms with E-state index in [9.17, 15) is 0 Å². The molecule has 1 radical (unpaired) electrons. The highest BCUT2D eigenvalue weighted by Crippen LogP contribution is 2.20. The van der Waals surface area contributed by atoms with Gasteiger partial charge in [-0.15, -0.1) is 0 Å². The van der Waals surface area contributed by atoms with E-state index in [1.165, 1.54) is 25.7 Å². The Labute approximate surface area is 108 Å². The molecule has 0 aromatic rings. The van der Waals surface area contributed by atoms with Crippen LogP contribution >= 0.6 is 0 Å². The molecule has 0 saturated carbocycles. The van der Waals surface area contributed by atoms with Gasteiger partial charge in [-0.3, -0.25) is 0 Å². The number of ether oxygens (including phenoxy) is 2. The predicted octanol–water partition coefficient (Wildman–Crippen LogP) is 4.73. The van der Waals surface area contributed by atoms with Crippen molar-refractivity contribution in [3.05, 3.63) is 6.92 Å². The summed E-state index contributed by atoms with van der Waals surface area (Å²) >= 11 is 0. The number of rotatable bonds is 6. The van der Waals surface area contributed by atoms with E-state index in [4.69, 9.17) is 9.47 Å². The van der Waals surface area contributed by atoms with Crippen molar-refractivity contribution < 1.29 is 9.47 Å². The van der Waals surface area contributed by atoms with Crippen LogP contribution in [0, 0.1) is 6.92 Å². The van der Waals surface area contributed by atoms with Gasteiger partial charge in [0.15, 0.2) is 6.29 Å². The first-order valence-electron chi connectivity index (χ1n) is 7.34. The van der Waals surface area contributed by atoms with Crippen molar-refractivity contribution in [1.29, 1.82) is 0 Å². The first-order chi connectivity index (χ1) is 8.28. The SMILES string of the molecule is CCCCCC1CCOC(CCC)O1.[CH2]CC. The maximum absolute atomic E-state index is 5.85. The highest BCUT2D eigenvalue weighted by atomic mass is 16.7. The standard InChI is InChI=1S/C12H24O2.C3H7/c1-3-5-6-8-11-9-10-13-12(14-11)7-4-2;1-3-2/h11-12H,3-10H2,1-2H3;1,3H2,2H3. The van der Waals surface area contributed by atoms with Crippen LogP contribution in [0.3, 0.4) is 0 Å². The molecule has 2 nitrogen and oxygen atoms in total. The third kappa shape index (κ3) is 9.61. The van der Waals surface area contributed by atoms with E-state index in [0.717, 1.165) is 32.3 Å². The molecule has 0 N–H and O–H groups in total. The van der Waals surface area contributed by atoms with Gasteiger partial charge >= 0.3 is 0 Å². The van der Waals surface area contributed by atoms with E-state index >= 15 is 0 Å². The maximum Gasteiger partial charge on any atom is 0.157 e. The molecule has 0 aliphatic carbocycles. The van der Waals surface area contributed by atoms with Crippen LogP contribution in [0.15, 0.2) is 0 Å². The van der Waals surface area contributed by atoms with Crippen LogP contribution in [0.4, 0.5) is 0 Å². The summed E-state index contributed by atoms with van der Waals surface area (Å²) in [5.41, 5.74) is 0. The predicted molar refractivity (Wildman–Crippen MR) is 73.9 cm³/mol. The van der Waals surface area contributed by atoms with E-state index in [1.807, 2.05) is 6.92 Å². The Morgan fingerprint density at radius 2 is 1.76 bits per heavy atom. The number of hydrogen-bond acceptors (Lipinski definition) is 2. The molecule has 1 aliphatic rings. The summed E-state index contributed by atoms with van der Waals surface area (Å²) in [4.78, 5) is 0. The third-order valence-corrected chi connectivity index (χ3v) is 2.74. The van der Waals surface area contributed by atoms with Gasteiger partial charge in [0.25, 0.3) is 0 Å². The van der Waals surface area contributed by atoms with E-state index in [0.29, 0.717) is 6.10 Å². The number of unbranched alkanes of at least 4 members (excludes halogenated alkanes) is 2. The summed E-state index contributed by atoms with van der Waals surface area (Å²) in [7, 11) is 0. The van der Waals surface area contributed by atoms with Gasteiger partial charge in [0.2, 0.25) is 0 Å². The fourth-order valence-electron chi connectivity index (χ4n) is 1.87. The minimum Gasteiger partial charge on any atom is -0.353 e. The minimum atomic E-state index is 0.0837. The fourth-order valence-corrected chi connectivity index (χ4v) is 1.87. The van der Waals surface area contributed by atoms with E-state index in [2.05, 4.69) is 20.8 Å². The average Bonchev–Trinajstić information content (AvgIpc) is 2.31. The van der Waals surface area contributed by atoms with Gasteiger partial charge in [0, 0.05) is 0 Å². The van der Waals surface area contributed by atoms with E-state index < -0.39 is 0 Å². The zero-order chi connectivity index (χ0) is 12.9. The lowest BCUT2D eigenvalue weighted by Gasteiger charge is -2.30. The molecule has 0 spiro atoms. The molecule has 2 unspecified atom stereocenters. The summed E-state index contributed by atoms with van der Waals surface area (Å²) in [5, 5.41) is 0. The number of hydrogen-bond donors (Lipinski definition) is 0. The zero-order valence-corrected chi connectivity index (χ0v) is 12.0. The summed E-state index contributed by atoms with van der Waals surface area (Å²) < 4.78 is 11.4. The summed E-state index contributed by atoms with van der Waals surface area (Å²) in [6.07, 6.45) is 9.98.